The molecule has 2 amide bonds. The van der Waals surface area contributed by atoms with Gasteiger partial charge in [0, 0.05) is 63.5 Å². The first-order valence-corrected chi connectivity index (χ1v) is 15.8. The number of hydrogen-bond donors (Lipinski definition) is 3. The van der Waals surface area contributed by atoms with Gasteiger partial charge in [-0.25, -0.2) is 4.79 Å². The Balaban J connectivity index is 1.08. The summed E-state index contributed by atoms with van der Waals surface area (Å²) >= 11 is 0. The number of piperazine rings is 1. The molecule has 8 nitrogen and oxygen atoms in total. The van der Waals surface area contributed by atoms with Crippen molar-refractivity contribution in [1.82, 2.24) is 15.1 Å². The summed E-state index contributed by atoms with van der Waals surface area (Å²) in [5.41, 5.74) is 5.94. The standard InChI is InChI=1S/C37H42N4O4/c42-27-30-11-13-31(14-12-30)35-23-34(26-41-21-19-40(20-22-41)25-29-9-5-2-6-10-29)44-36(45-35)32-15-17-33(18-16-32)39-37(43)38-24-28-7-3-1-4-8-28/h1-18,34-36,42H,19-27H2,(H2,38,39,43)/t34-,35+,36+/m0/s1. The Morgan fingerprint density at radius 3 is 2.00 bits per heavy atom. The third-order valence-corrected chi connectivity index (χ3v) is 8.53. The molecule has 2 aliphatic heterocycles. The van der Waals surface area contributed by atoms with Gasteiger partial charge in [-0.05, 0) is 34.4 Å². The summed E-state index contributed by atoms with van der Waals surface area (Å²) in [5.74, 6) is 0. The normalized spacial score (nSPS) is 20.9. The van der Waals surface area contributed by atoms with Crippen LogP contribution in [0, 0.1) is 0 Å². The second-order valence-electron chi connectivity index (χ2n) is 11.8. The molecule has 0 bridgehead atoms. The Morgan fingerprint density at radius 1 is 0.711 bits per heavy atom. The number of carbonyl (C=O) groups is 1. The number of nitrogens with zero attached hydrogens (tertiary/aromatic N) is 2. The van der Waals surface area contributed by atoms with Crippen molar-refractivity contribution in [3.63, 3.8) is 0 Å². The largest absolute Gasteiger partial charge is 0.392 e. The molecule has 0 radical (unpaired) electrons. The predicted octanol–water partition coefficient (Wildman–Crippen LogP) is 5.86. The predicted molar refractivity (Wildman–Crippen MR) is 175 cm³/mol. The molecule has 3 N–H and O–H groups in total. The molecule has 8 heteroatoms. The third kappa shape index (κ3) is 8.78. The number of ether oxygens (including phenoxy) is 2. The maximum atomic E-state index is 12.5. The number of aliphatic hydroxyl groups excluding tert-OH is 1. The highest BCUT2D eigenvalue weighted by Crippen LogP contribution is 2.38. The van der Waals surface area contributed by atoms with Crippen molar-refractivity contribution in [2.45, 2.75) is 44.6 Å². The van der Waals surface area contributed by atoms with E-state index in [0.717, 1.165) is 67.9 Å². The number of amides is 2. The van der Waals surface area contributed by atoms with Gasteiger partial charge in [0.2, 0.25) is 0 Å². The van der Waals surface area contributed by atoms with Crippen LogP contribution in [0.1, 0.15) is 46.6 Å². The Hall–Kier alpha value is -4.05. The molecule has 0 aromatic heterocycles. The summed E-state index contributed by atoms with van der Waals surface area (Å²) in [7, 11) is 0. The maximum absolute atomic E-state index is 12.5. The minimum Gasteiger partial charge on any atom is -0.392 e. The van der Waals surface area contributed by atoms with Gasteiger partial charge in [-0.3, -0.25) is 9.80 Å². The van der Waals surface area contributed by atoms with Crippen LogP contribution in [0.4, 0.5) is 10.5 Å². The highest BCUT2D eigenvalue weighted by molar-refractivity contribution is 5.89. The van der Waals surface area contributed by atoms with E-state index in [4.69, 9.17) is 9.47 Å². The molecule has 0 unspecified atom stereocenters. The zero-order valence-electron chi connectivity index (χ0n) is 25.6. The van der Waals surface area contributed by atoms with E-state index in [1.165, 1.54) is 5.56 Å². The minimum absolute atomic E-state index is 0.00601. The fraction of sp³-hybridized carbons (Fsp3) is 0.324. The topological polar surface area (TPSA) is 86.3 Å². The lowest BCUT2D eigenvalue weighted by Crippen LogP contribution is -2.49. The van der Waals surface area contributed by atoms with Crippen LogP contribution in [-0.2, 0) is 29.2 Å². The quantitative estimate of drug-likeness (QED) is 0.210. The van der Waals surface area contributed by atoms with Gasteiger partial charge in [-0.1, -0.05) is 97.1 Å². The van der Waals surface area contributed by atoms with Gasteiger partial charge in [0.1, 0.15) is 0 Å². The van der Waals surface area contributed by atoms with Gasteiger partial charge in [-0.2, -0.15) is 0 Å². The van der Waals surface area contributed by atoms with E-state index in [-0.39, 0.29) is 24.8 Å². The number of urea groups is 1. The monoisotopic (exact) mass is 606 g/mol. The molecule has 4 aromatic carbocycles. The van der Waals surface area contributed by atoms with Gasteiger partial charge >= 0.3 is 6.03 Å². The Kier molecular flexibility index (Phi) is 10.5. The molecule has 2 fully saturated rings. The molecule has 3 atom stereocenters. The molecule has 0 aliphatic carbocycles. The van der Waals surface area contributed by atoms with E-state index in [2.05, 4.69) is 50.8 Å². The second-order valence-corrected chi connectivity index (χ2v) is 11.8. The van der Waals surface area contributed by atoms with Crippen LogP contribution in [0.3, 0.4) is 0 Å². The fourth-order valence-corrected chi connectivity index (χ4v) is 5.97. The van der Waals surface area contributed by atoms with Crippen molar-refractivity contribution in [3.8, 4) is 0 Å². The molecule has 0 saturated carbocycles. The summed E-state index contributed by atoms with van der Waals surface area (Å²) < 4.78 is 13.1. The first kappa shape index (κ1) is 31.0. The maximum Gasteiger partial charge on any atom is 0.319 e. The first-order valence-electron chi connectivity index (χ1n) is 15.8. The number of nitrogens with one attached hydrogen (secondary N) is 2. The lowest BCUT2D eigenvalue weighted by molar-refractivity contribution is -0.253. The molecule has 45 heavy (non-hydrogen) atoms. The molecule has 6 rings (SSSR count). The van der Waals surface area contributed by atoms with E-state index >= 15 is 0 Å². The van der Waals surface area contributed by atoms with Crippen molar-refractivity contribution in [2.24, 2.45) is 0 Å². The smallest absolute Gasteiger partial charge is 0.319 e. The molecule has 2 saturated heterocycles. The van der Waals surface area contributed by atoms with E-state index in [0.29, 0.717) is 12.2 Å². The average molecular weight is 607 g/mol. The van der Waals surface area contributed by atoms with Gasteiger partial charge in [0.15, 0.2) is 6.29 Å². The minimum atomic E-state index is -0.536. The molecule has 234 valence electrons. The van der Waals surface area contributed by atoms with Crippen molar-refractivity contribution < 1.29 is 19.4 Å². The Morgan fingerprint density at radius 2 is 1.33 bits per heavy atom. The van der Waals surface area contributed by atoms with E-state index in [1.54, 1.807) is 0 Å². The van der Waals surface area contributed by atoms with Crippen molar-refractivity contribution in [1.29, 1.82) is 0 Å². The molecular formula is C37H42N4O4. The molecule has 2 heterocycles. The van der Waals surface area contributed by atoms with E-state index in [1.807, 2.05) is 78.9 Å². The van der Waals surface area contributed by atoms with Crippen molar-refractivity contribution >= 4 is 11.7 Å². The highest BCUT2D eigenvalue weighted by atomic mass is 16.7. The van der Waals surface area contributed by atoms with Crippen LogP contribution >= 0.6 is 0 Å². The van der Waals surface area contributed by atoms with Crippen LogP contribution in [-0.4, -0.2) is 59.8 Å². The van der Waals surface area contributed by atoms with E-state index < -0.39 is 6.29 Å². The number of anilines is 1. The Bertz CT molecular complexity index is 1480. The molecule has 0 spiro atoms. The van der Waals surface area contributed by atoms with Crippen LogP contribution in [0.2, 0.25) is 0 Å². The number of carbonyl (C=O) groups excluding carboxylic acids is 1. The summed E-state index contributed by atoms with van der Waals surface area (Å²) in [6.07, 6.45) is 0.0722. The number of aliphatic hydroxyl groups is 1. The number of hydrogen-bond acceptors (Lipinski definition) is 6. The third-order valence-electron chi connectivity index (χ3n) is 8.53. The van der Waals surface area contributed by atoms with Crippen LogP contribution in [0.15, 0.2) is 109 Å². The molecule has 4 aromatic rings. The van der Waals surface area contributed by atoms with Gasteiger partial charge in [0.25, 0.3) is 0 Å². The van der Waals surface area contributed by atoms with Crippen LogP contribution in [0.25, 0.3) is 0 Å². The van der Waals surface area contributed by atoms with Crippen LogP contribution < -0.4 is 10.6 Å². The van der Waals surface area contributed by atoms with Gasteiger partial charge in [0.05, 0.1) is 18.8 Å². The Labute approximate surface area is 265 Å². The molecule has 2 aliphatic rings. The average Bonchev–Trinajstić information content (AvgIpc) is 3.09. The van der Waals surface area contributed by atoms with E-state index in [9.17, 15) is 9.90 Å². The summed E-state index contributed by atoms with van der Waals surface area (Å²) in [5, 5.41) is 15.3. The molecular weight excluding hydrogens is 564 g/mol. The number of rotatable bonds is 10. The number of benzene rings is 4. The fourth-order valence-electron chi connectivity index (χ4n) is 5.97. The van der Waals surface area contributed by atoms with Crippen molar-refractivity contribution in [3.05, 3.63) is 137 Å². The van der Waals surface area contributed by atoms with Gasteiger partial charge < -0.3 is 25.2 Å². The summed E-state index contributed by atoms with van der Waals surface area (Å²) in [4.78, 5) is 17.5. The zero-order valence-corrected chi connectivity index (χ0v) is 25.6. The second kappa shape index (κ2) is 15.3. The first-order chi connectivity index (χ1) is 22.1. The highest BCUT2D eigenvalue weighted by Gasteiger charge is 2.33. The SMILES string of the molecule is O=C(NCc1ccccc1)Nc1ccc([C@@H]2O[C@H](CN3CCN(Cc4ccccc4)CC3)C[C@H](c3ccc(CO)cc3)O2)cc1. The lowest BCUT2D eigenvalue weighted by Gasteiger charge is -2.40. The summed E-state index contributed by atoms with van der Waals surface area (Å²) in [6.45, 7) is 6.35. The van der Waals surface area contributed by atoms with Gasteiger partial charge in [-0.15, -0.1) is 0 Å². The van der Waals surface area contributed by atoms with Crippen molar-refractivity contribution in [2.75, 3.05) is 38.0 Å². The zero-order chi connectivity index (χ0) is 30.8. The van der Waals surface area contributed by atoms with Crippen LogP contribution in [0.5, 0.6) is 0 Å². The lowest BCUT2D eigenvalue weighted by atomic mass is 9.99. The summed E-state index contributed by atoms with van der Waals surface area (Å²) in [6, 6.07) is 35.9.